The number of nitrogens with one attached hydrogen (secondary N) is 2. The fourth-order valence-electron chi connectivity index (χ4n) is 3.24. The molecular formula is C21H30N4O7. The molecule has 1 rings (SSSR count). The summed E-state index contributed by atoms with van der Waals surface area (Å²) in [6.07, 6.45) is 0.0193. The van der Waals surface area contributed by atoms with E-state index in [1.807, 2.05) is 13.8 Å². The van der Waals surface area contributed by atoms with E-state index in [0.717, 1.165) is 0 Å². The number of hydrogen-bond donors (Lipinski definition) is 3. The van der Waals surface area contributed by atoms with Crippen LogP contribution in [-0.2, 0) is 23.9 Å². The van der Waals surface area contributed by atoms with Gasteiger partial charge in [0.05, 0.1) is 18.0 Å². The molecule has 0 aliphatic heterocycles. The standard InChI is InChI=1S/C21H30N4O7/c1-5-32-18(27)11-16(14-6-8-15(9-7-14)25(30)31)19(20(22)28)24-21(29)17(10-12(2)3)23-13(4)26/h6-9,12,16-17,19H,5,10-11H2,1-4H3,(H2,22,28)(H,23,26)(H,24,29)/t16-,17+,19-/m1/s1. The average molecular weight is 450 g/mol. The van der Waals surface area contributed by atoms with Gasteiger partial charge in [-0.1, -0.05) is 26.0 Å². The molecule has 0 aliphatic rings. The Labute approximate surface area is 186 Å². The lowest BCUT2D eigenvalue weighted by Crippen LogP contribution is -2.55. The van der Waals surface area contributed by atoms with Crippen molar-refractivity contribution < 1.29 is 28.8 Å². The predicted molar refractivity (Wildman–Crippen MR) is 115 cm³/mol. The zero-order valence-corrected chi connectivity index (χ0v) is 18.6. The number of carbonyl (C=O) groups is 4. The molecule has 1 aromatic carbocycles. The number of rotatable bonds is 12. The van der Waals surface area contributed by atoms with Gasteiger partial charge in [-0.15, -0.1) is 0 Å². The summed E-state index contributed by atoms with van der Waals surface area (Å²) >= 11 is 0. The monoisotopic (exact) mass is 450 g/mol. The molecule has 0 saturated carbocycles. The Morgan fingerprint density at radius 2 is 1.72 bits per heavy atom. The van der Waals surface area contributed by atoms with Crippen LogP contribution in [0, 0.1) is 16.0 Å². The molecule has 32 heavy (non-hydrogen) atoms. The summed E-state index contributed by atoms with van der Waals surface area (Å²) in [5.74, 6) is -3.45. The maximum atomic E-state index is 12.9. The van der Waals surface area contributed by atoms with Gasteiger partial charge < -0.3 is 21.1 Å². The van der Waals surface area contributed by atoms with E-state index in [-0.39, 0.29) is 24.6 Å². The van der Waals surface area contributed by atoms with E-state index in [0.29, 0.717) is 12.0 Å². The van der Waals surface area contributed by atoms with Crippen molar-refractivity contribution in [2.24, 2.45) is 11.7 Å². The summed E-state index contributed by atoms with van der Waals surface area (Å²) in [4.78, 5) is 59.2. The van der Waals surface area contributed by atoms with Gasteiger partial charge in [0, 0.05) is 25.0 Å². The van der Waals surface area contributed by atoms with Crippen molar-refractivity contribution in [1.82, 2.24) is 10.6 Å². The highest BCUT2D eigenvalue weighted by Gasteiger charge is 2.34. The van der Waals surface area contributed by atoms with Crippen molar-refractivity contribution >= 4 is 29.4 Å². The van der Waals surface area contributed by atoms with Gasteiger partial charge in [-0.3, -0.25) is 29.3 Å². The third-order valence-electron chi connectivity index (χ3n) is 4.63. The van der Waals surface area contributed by atoms with Gasteiger partial charge in [0.1, 0.15) is 12.1 Å². The van der Waals surface area contributed by atoms with E-state index < -0.39 is 46.6 Å². The molecule has 0 aliphatic carbocycles. The number of nitro benzene ring substituents is 1. The molecule has 3 amide bonds. The normalized spacial score (nSPS) is 13.5. The van der Waals surface area contributed by atoms with E-state index in [9.17, 15) is 29.3 Å². The van der Waals surface area contributed by atoms with Gasteiger partial charge in [-0.05, 0) is 24.8 Å². The molecule has 3 atom stereocenters. The highest BCUT2D eigenvalue weighted by Crippen LogP contribution is 2.27. The number of nitro groups is 1. The minimum Gasteiger partial charge on any atom is -0.466 e. The minimum absolute atomic E-state index is 0.0645. The van der Waals surface area contributed by atoms with Crippen molar-refractivity contribution in [3.63, 3.8) is 0 Å². The number of non-ortho nitro benzene ring substituents is 1. The van der Waals surface area contributed by atoms with Gasteiger partial charge in [0.2, 0.25) is 17.7 Å². The van der Waals surface area contributed by atoms with Gasteiger partial charge in [-0.2, -0.15) is 0 Å². The molecule has 0 radical (unpaired) electrons. The summed E-state index contributed by atoms with van der Waals surface area (Å²) in [6.45, 7) is 6.74. The third-order valence-corrected chi connectivity index (χ3v) is 4.63. The minimum atomic E-state index is -1.32. The van der Waals surface area contributed by atoms with E-state index in [4.69, 9.17) is 10.5 Å². The van der Waals surface area contributed by atoms with Crippen molar-refractivity contribution in [3.05, 3.63) is 39.9 Å². The fraction of sp³-hybridized carbons (Fsp3) is 0.524. The van der Waals surface area contributed by atoms with E-state index in [1.54, 1.807) is 6.92 Å². The highest BCUT2D eigenvalue weighted by atomic mass is 16.6. The number of esters is 1. The Kier molecular flexibility index (Phi) is 10.3. The van der Waals surface area contributed by atoms with Crippen LogP contribution in [0.4, 0.5) is 5.69 Å². The van der Waals surface area contributed by atoms with Crippen LogP contribution in [0.2, 0.25) is 0 Å². The Bertz CT molecular complexity index is 839. The molecule has 0 unspecified atom stereocenters. The fourth-order valence-corrected chi connectivity index (χ4v) is 3.24. The maximum Gasteiger partial charge on any atom is 0.306 e. The molecule has 4 N–H and O–H groups in total. The smallest absolute Gasteiger partial charge is 0.306 e. The Morgan fingerprint density at radius 1 is 1.12 bits per heavy atom. The second kappa shape index (κ2) is 12.4. The largest absolute Gasteiger partial charge is 0.466 e. The van der Waals surface area contributed by atoms with Crippen molar-refractivity contribution in [1.29, 1.82) is 0 Å². The number of hydrogen-bond acceptors (Lipinski definition) is 7. The van der Waals surface area contributed by atoms with Crippen LogP contribution in [0.5, 0.6) is 0 Å². The molecule has 0 aromatic heterocycles. The first-order valence-corrected chi connectivity index (χ1v) is 10.2. The lowest BCUT2D eigenvalue weighted by molar-refractivity contribution is -0.384. The molecule has 176 valence electrons. The van der Waals surface area contributed by atoms with E-state index in [1.165, 1.54) is 31.2 Å². The summed E-state index contributed by atoms with van der Waals surface area (Å²) in [5.41, 5.74) is 5.76. The first-order valence-electron chi connectivity index (χ1n) is 10.2. The van der Waals surface area contributed by atoms with Crippen LogP contribution in [0.3, 0.4) is 0 Å². The molecule has 0 saturated heterocycles. The van der Waals surface area contributed by atoms with Crippen molar-refractivity contribution in [2.45, 2.75) is 58.5 Å². The first kappa shape index (κ1) is 26.5. The molecule has 11 heteroatoms. The number of amides is 3. The molecule has 11 nitrogen and oxygen atoms in total. The molecule has 0 spiro atoms. The van der Waals surface area contributed by atoms with Crippen LogP contribution < -0.4 is 16.4 Å². The highest BCUT2D eigenvalue weighted by molar-refractivity contribution is 5.92. The second-order valence-electron chi connectivity index (χ2n) is 7.74. The number of benzene rings is 1. The van der Waals surface area contributed by atoms with Gasteiger partial charge in [0.25, 0.3) is 5.69 Å². The lowest BCUT2D eigenvalue weighted by Gasteiger charge is -2.28. The Hall–Kier alpha value is -3.50. The predicted octanol–water partition coefficient (Wildman–Crippen LogP) is 1.15. The summed E-state index contributed by atoms with van der Waals surface area (Å²) < 4.78 is 4.97. The van der Waals surface area contributed by atoms with Crippen molar-refractivity contribution in [2.75, 3.05) is 6.61 Å². The zero-order chi connectivity index (χ0) is 24.4. The van der Waals surface area contributed by atoms with Crippen LogP contribution >= 0.6 is 0 Å². The Balaban J connectivity index is 3.28. The zero-order valence-electron chi connectivity index (χ0n) is 18.6. The summed E-state index contributed by atoms with van der Waals surface area (Å²) in [5, 5.41) is 16.0. The maximum absolute atomic E-state index is 12.9. The Morgan fingerprint density at radius 3 is 2.16 bits per heavy atom. The van der Waals surface area contributed by atoms with Gasteiger partial charge >= 0.3 is 5.97 Å². The molecule has 1 aromatic rings. The number of ether oxygens (including phenoxy) is 1. The molecule has 0 bridgehead atoms. The van der Waals surface area contributed by atoms with Gasteiger partial charge in [-0.25, -0.2) is 0 Å². The van der Waals surface area contributed by atoms with E-state index >= 15 is 0 Å². The second-order valence-corrected chi connectivity index (χ2v) is 7.74. The third kappa shape index (κ3) is 8.32. The van der Waals surface area contributed by atoms with Crippen molar-refractivity contribution in [3.8, 4) is 0 Å². The number of carbonyl (C=O) groups excluding carboxylic acids is 4. The SMILES string of the molecule is CCOC(=O)C[C@H](c1ccc([N+](=O)[O-])cc1)[C@@H](NC(=O)[C@H](CC(C)C)NC(C)=O)C(N)=O. The average Bonchev–Trinajstić information content (AvgIpc) is 2.69. The number of primary amides is 1. The topological polar surface area (TPSA) is 171 Å². The quantitative estimate of drug-likeness (QED) is 0.243. The van der Waals surface area contributed by atoms with Gasteiger partial charge in [0.15, 0.2) is 0 Å². The lowest BCUT2D eigenvalue weighted by atomic mass is 9.87. The van der Waals surface area contributed by atoms with Crippen LogP contribution in [0.25, 0.3) is 0 Å². The molecule has 0 heterocycles. The summed E-state index contributed by atoms with van der Waals surface area (Å²) in [6, 6.07) is 3.01. The van der Waals surface area contributed by atoms with Crippen LogP contribution in [-0.4, -0.2) is 47.3 Å². The first-order chi connectivity index (χ1) is 15.0. The van der Waals surface area contributed by atoms with Crippen LogP contribution in [0.1, 0.15) is 52.0 Å². The van der Waals surface area contributed by atoms with Crippen LogP contribution in [0.15, 0.2) is 24.3 Å². The molecule has 0 fully saturated rings. The van der Waals surface area contributed by atoms with E-state index in [2.05, 4.69) is 10.6 Å². The number of nitrogens with two attached hydrogens (primary N) is 1. The number of nitrogens with zero attached hydrogens (tertiary/aromatic N) is 1. The molecular weight excluding hydrogens is 420 g/mol. The summed E-state index contributed by atoms with van der Waals surface area (Å²) in [7, 11) is 0.